The summed E-state index contributed by atoms with van der Waals surface area (Å²) in [5, 5.41) is 51.3. The largest absolute Gasteiger partial charge is 0.508 e. The van der Waals surface area contributed by atoms with E-state index in [4.69, 9.17) is 5.73 Å². The van der Waals surface area contributed by atoms with Crippen LogP contribution in [-0.4, -0.2) is 88.7 Å². The molecular formula is C33H40N4O7. The Kier molecular flexibility index (Phi) is 7.26. The molecule has 0 saturated heterocycles. The minimum atomic E-state index is -2.67. The molecule has 0 unspecified atom stereocenters. The number of likely N-dealkylation sites (N-methyl/N-ethyl adjacent to an activating group) is 1. The van der Waals surface area contributed by atoms with Crippen molar-refractivity contribution in [3.05, 3.63) is 51.8 Å². The van der Waals surface area contributed by atoms with E-state index in [-0.39, 0.29) is 29.7 Å². The molecule has 11 heteroatoms. The normalized spacial score (nSPS) is 27.2. The van der Waals surface area contributed by atoms with Crippen LogP contribution in [0.5, 0.6) is 5.75 Å². The predicted molar refractivity (Wildman–Crippen MR) is 165 cm³/mol. The van der Waals surface area contributed by atoms with Gasteiger partial charge in [0, 0.05) is 54.6 Å². The molecule has 4 aliphatic carbocycles. The number of fused-ring (bicyclic) bond motifs is 4. The van der Waals surface area contributed by atoms with Crippen LogP contribution in [0.25, 0.3) is 16.5 Å². The Bertz CT molecular complexity index is 1670. The maximum atomic E-state index is 14.2. The highest BCUT2D eigenvalue weighted by Gasteiger charge is 2.64. The summed E-state index contributed by atoms with van der Waals surface area (Å²) in [5.41, 5.74) is 4.26. The van der Waals surface area contributed by atoms with Gasteiger partial charge in [0.15, 0.2) is 11.4 Å². The third kappa shape index (κ3) is 4.24. The summed E-state index contributed by atoms with van der Waals surface area (Å²) in [7, 11) is 6.91. The van der Waals surface area contributed by atoms with Gasteiger partial charge in [0.2, 0.25) is 5.78 Å². The summed E-state index contributed by atoms with van der Waals surface area (Å²) >= 11 is 0. The third-order valence-corrected chi connectivity index (χ3v) is 10.1. The number of aliphatic hydroxyl groups is 3. The zero-order valence-corrected chi connectivity index (χ0v) is 25.5. The zero-order chi connectivity index (χ0) is 31.8. The van der Waals surface area contributed by atoms with Crippen LogP contribution in [-0.2, 0) is 27.3 Å². The molecule has 0 aromatic heterocycles. The number of carbonyl (C=O) groups excluding carboxylic acids is 3. The fraction of sp³-hybridized carbons (Fsp3) is 0.485. The summed E-state index contributed by atoms with van der Waals surface area (Å²) in [6, 6.07) is 5.21. The number of ketones is 2. The van der Waals surface area contributed by atoms with Gasteiger partial charge in [0.25, 0.3) is 5.91 Å². The van der Waals surface area contributed by atoms with Crippen LogP contribution in [0.4, 0.5) is 5.69 Å². The topological polar surface area (TPSA) is 177 Å². The van der Waals surface area contributed by atoms with E-state index >= 15 is 0 Å². The number of hydrogen-bond acceptors (Lipinski definition) is 10. The van der Waals surface area contributed by atoms with E-state index < -0.39 is 58.0 Å². The number of anilines is 1. The molecule has 0 bridgehead atoms. The Hall–Kier alpha value is -3.93. The van der Waals surface area contributed by atoms with Gasteiger partial charge >= 0.3 is 0 Å². The van der Waals surface area contributed by atoms with Gasteiger partial charge in [-0.25, -0.2) is 0 Å². The van der Waals surface area contributed by atoms with Crippen molar-refractivity contribution in [3.63, 3.8) is 0 Å². The van der Waals surface area contributed by atoms with E-state index in [0.29, 0.717) is 23.5 Å². The van der Waals surface area contributed by atoms with Crippen molar-refractivity contribution in [3.8, 4) is 5.75 Å². The van der Waals surface area contributed by atoms with E-state index in [0.717, 1.165) is 29.5 Å². The second-order valence-corrected chi connectivity index (χ2v) is 13.1. The molecular weight excluding hydrogens is 564 g/mol. The molecule has 2 fully saturated rings. The number of aliphatic hydroxyl groups excluding tert-OH is 2. The van der Waals surface area contributed by atoms with Crippen LogP contribution in [0.1, 0.15) is 48.8 Å². The zero-order valence-electron chi connectivity index (χ0n) is 25.5. The molecule has 0 spiro atoms. The van der Waals surface area contributed by atoms with Gasteiger partial charge < -0.3 is 36.4 Å². The quantitative estimate of drug-likeness (QED) is 0.268. The molecule has 4 atom stereocenters. The number of phenols is 1. The third-order valence-electron chi connectivity index (χ3n) is 10.1. The highest BCUT2D eigenvalue weighted by atomic mass is 16.3. The van der Waals surface area contributed by atoms with Crippen molar-refractivity contribution >= 4 is 39.7 Å². The van der Waals surface area contributed by atoms with Crippen LogP contribution in [0, 0.1) is 11.8 Å². The second kappa shape index (κ2) is 10.6. The molecule has 0 heterocycles. The number of carbonyl (C=O) groups is 3. The summed E-state index contributed by atoms with van der Waals surface area (Å²) in [5.74, 6) is -6.56. The van der Waals surface area contributed by atoms with Gasteiger partial charge in [-0.15, -0.1) is 0 Å². The van der Waals surface area contributed by atoms with Crippen LogP contribution < -0.4 is 16.0 Å². The van der Waals surface area contributed by atoms with E-state index in [1.807, 2.05) is 37.2 Å². The van der Waals surface area contributed by atoms with Crippen molar-refractivity contribution in [2.75, 3.05) is 33.1 Å². The molecule has 0 aliphatic heterocycles. The number of nitrogens with zero attached hydrogens (tertiary/aromatic N) is 2. The number of Topliss-reactive ketones (excluding diaryl/α,β-unsaturated/α-hetero) is 2. The maximum Gasteiger partial charge on any atom is 0.255 e. The maximum absolute atomic E-state index is 14.2. The molecule has 234 valence electrons. The minimum Gasteiger partial charge on any atom is -0.508 e. The standard InChI is InChI=1S/C33H40N4O7/c1-36(2)25-18-10-9-15(14-35-17-7-5-6-8-17)11-19(18)27(38)23-20(25)12-16-13-21-26(37(3)4)29(40)24(32(34)43)31(42)33(21,44)30(41)22(16)28(23)39/h9-11,16-17,21,26,35,38-39,42,44H,5-8,12-14H2,1-4H3,(H2,34,43)/t16-,21-,26-,33-/m0/s1. The average molecular weight is 605 g/mol. The predicted octanol–water partition coefficient (Wildman–Crippen LogP) is 2.22. The first-order valence-corrected chi connectivity index (χ1v) is 15.1. The molecule has 4 aliphatic rings. The minimum absolute atomic E-state index is 0.0448. The van der Waals surface area contributed by atoms with E-state index in [1.54, 1.807) is 14.1 Å². The summed E-state index contributed by atoms with van der Waals surface area (Å²) in [6.07, 6.45) is 4.97. The molecule has 7 N–H and O–H groups in total. The lowest BCUT2D eigenvalue weighted by molar-refractivity contribution is -0.153. The van der Waals surface area contributed by atoms with Crippen LogP contribution in [0.3, 0.4) is 0 Å². The SMILES string of the molecule is CN(C)c1c2c(c(O)c3cc(CNC4CCCC4)ccc13)C(O)=C1C(=O)[C@]3(O)C(O)=C(C(N)=O)C(=O)[C@@H](N(C)C)[C@@H]3C[C@@H]1C2. The molecule has 0 radical (unpaired) electrons. The van der Waals surface area contributed by atoms with Crippen molar-refractivity contribution in [2.24, 2.45) is 17.6 Å². The first-order valence-electron chi connectivity index (χ1n) is 15.1. The lowest BCUT2D eigenvalue weighted by atomic mass is 9.57. The summed E-state index contributed by atoms with van der Waals surface area (Å²) < 4.78 is 0. The highest BCUT2D eigenvalue weighted by Crippen LogP contribution is 2.55. The van der Waals surface area contributed by atoms with Gasteiger partial charge in [-0.05, 0) is 62.9 Å². The van der Waals surface area contributed by atoms with E-state index in [2.05, 4.69) is 5.32 Å². The Balaban J connectivity index is 1.52. The van der Waals surface area contributed by atoms with Crippen LogP contribution in [0.2, 0.25) is 0 Å². The van der Waals surface area contributed by atoms with Gasteiger partial charge in [-0.3, -0.25) is 19.3 Å². The van der Waals surface area contributed by atoms with Gasteiger partial charge in [-0.1, -0.05) is 25.0 Å². The highest BCUT2D eigenvalue weighted by molar-refractivity contribution is 6.24. The smallest absolute Gasteiger partial charge is 0.255 e. The molecule has 6 rings (SSSR count). The number of phenolic OH excluding ortho intramolecular Hbond substituents is 1. The molecule has 2 aromatic carbocycles. The van der Waals surface area contributed by atoms with Crippen LogP contribution in [0.15, 0.2) is 35.1 Å². The summed E-state index contributed by atoms with van der Waals surface area (Å²) in [4.78, 5) is 43.2. The Morgan fingerprint density at radius 3 is 2.36 bits per heavy atom. The number of amides is 1. The Morgan fingerprint density at radius 2 is 1.75 bits per heavy atom. The van der Waals surface area contributed by atoms with Gasteiger partial charge in [0.1, 0.15) is 22.8 Å². The van der Waals surface area contributed by atoms with Gasteiger partial charge in [-0.2, -0.15) is 0 Å². The lowest BCUT2D eigenvalue weighted by Crippen LogP contribution is -2.65. The number of aromatic hydroxyl groups is 1. The fourth-order valence-electron chi connectivity index (χ4n) is 8.15. The van der Waals surface area contributed by atoms with Crippen LogP contribution >= 0.6 is 0 Å². The Morgan fingerprint density at radius 1 is 1.07 bits per heavy atom. The molecule has 2 saturated carbocycles. The average Bonchev–Trinajstić information content (AvgIpc) is 3.47. The van der Waals surface area contributed by atoms with Crippen molar-refractivity contribution in [1.82, 2.24) is 10.2 Å². The number of nitrogens with two attached hydrogens (primary N) is 1. The number of hydrogen-bond donors (Lipinski definition) is 6. The van der Waals surface area contributed by atoms with Crippen molar-refractivity contribution in [2.45, 2.75) is 62.8 Å². The van der Waals surface area contributed by atoms with E-state index in [9.17, 15) is 34.8 Å². The molecule has 44 heavy (non-hydrogen) atoms. The first kappa shape index (κ1) is 30.1. The van der Waals surface area contributed by atoms with E-state index in [1.165, 1.54) is 17.7 Å². The molecule has 11 nitrogen and oxygen atoms in total. The van der Waals surface area contributed by atoms with Crippen molar-refractivity contribution < 1.29 is 34.8 Å². The number of primary amides is 1. The number of nitrogens with one attached hydrogen (secondary N) is 1. The lowest BCUT2D eigenvalue weighted by Gasteiger charge is -2.50. The number of benzene rings is 2. The first-order chi connectivity index (χ1) is 20.8. The second-order valence-electron chi connectivity index (χ2n) is 13.1. The van der Waals surface area contributed by atoms with Crippen molar-refractivity contribution in [1.29, 1.82) is 0 Å². The monoisotopic (exact) mass is 604 g/mol. The number of rotatable bonds is 6. The molecule has 1 amide bonds. The molecule has 2 aromatic rings. The Labute approximate surface area is 255 Å². The fourth-order valence-corrected chi connectivity index (χ4v) is 8.15. The summed E-state index contributed by atoms with van der Waals surface area (Å²) in [6.45, 7) is 0.621. The van der Waals surface area contributed by atoms with Gasteiger partial charge in [0.05, 0.1) is 11.6 Å².